The molecule has 1 fully saturated rings. The van der Waals surface area contributed by atoms with Crippen LogP contribution in [0.25, 0.3) is 10.8 Å². The Hall–Kier alpha value is -3.48. The Morgan fingerprint density at radius 1 is 1.19 bits per heavy atom. The maximum absolute atomic E-state index is 13.0. The maximum Gasteiger partial charge on any atom is 0.275 e. The molecule has 3 heterocycles. The zero-order valence-corrected chi connectivity index (χ0v) is 18.0. The fourth-order valence-corrected chi connectivity index (χ4v) is 4.73. The lowest BCUT2D eigenvalue weighted by Crippen LogP contribution is -2.48. The molecule has 0 radical (unpaired) electrons. The van der Waals surface area contributed by atoms with E-state index in [2.05, 4.69) is 5.10 Å². The molecule has 2 atom stereocenters. The predicted octanol–water partition coefficient (Wildman–Crippen LogP) is 2.98. The Kier molecular flexibility index (Phi) is 5.25. The van der Waals surface area contributed by atoms with Crippen LogP contribution in [0.15, 0.2) is 53.5 Å². The number of piperidine rings is 1. The molecule has 7 heteroatoms. The second-order valence-electron chi connectivity index (χ2n) is 8.72. The van der Waals surface area contributed by atoms with E-state index in [0.717, 1.165) is 23.8 Å². The summed E-state index contributed by atoms with van der Waals surface area (Å²) in [6, 6.07) is 12.9. The number of amides is 1. The summed E-state index contributed by atoms with van der Waals surface area (Å²) >= 11 is 0. The second kappa shape index (κ2) is 8.22. The summed E-state index contributed by atoms with van der Waals surface area (Å²) in [6.45, 7) is 3.01. The Labute approximate surface area is 185 Å². The van der Waals surface area contributed by atoms with Crippen LogP contribution in [0.5, 0.6) is 5.75 Å². The summed E-state index contributed by atoms with van der Waals surface area (Å²) in [5.74, 6) is 0.660. The molecule has 2 aliphatic heterocycles. The highest BCUT2D eigenvalue weighted by Crippen LogP contribution is 2.33. The third kappa shape index (κ3) is 3.79. The molecule has 164 valence electrons. The molecule has 0 aliphatic carbocycles. The molecule has 3 aromatic rings. The lowest BCUT2D eigenvalue weighted by Gasteiger charge is -2.38. The van der Waals surface area contributed by atoms with E-state index in [1.54, 1.807) is 23.2 Å². The monoisotopic (exact) mass is 431 g/mol. The zero-order valence-electron chi connectivity index (χ0n) is 18.0. The van der Waals surface area contributed by atoms with Crippen molar-refractivity contribution in [2.75, 3.05) is 13.1 Å². The van der Waals surface area contributed by atoms with E-state index >= 15 is 0 Å². The van der Waals surface area contributed by atoms with Crippen molar-refractivity contribution < 1.29 is 14.3 Å². The average molecular weight is 431 g/mol. The normalized spacial score (nSPS) is 20.7. The standard InChI is InChI=1S/C25H25N3O4/c1-16-8-9-22-20(11-16)21(29)12-23(32-22)18-6-4-10-27(14-18)24(30)15-28-25(31)19-7-3-2-5-17(19)13-26-28/h2-3,5,7-9,11,13,18,23H,4,6,10,12,14-15H2,1H3. The van der Waals surface area contributed by atoms with Gasteiger partial charge in [-0.25, -0.2) is 4.68 Å². The number of carbonyl (C=O) groups is 2. The van der Waals surface area contributed by atoms with E-state index in [1.807, 2.05) is 37.3 Å². The molecule has 1 aromatic heterocycles. The summed E-state index contributed by atoms with van der Waals surface area (Å²) < 4.78 is 7.41. The van der Waals surface area contributed by atoms with Crippen molar-refractivity contribution in [3.63, 3.8) is 0 Å². The van der Waals surface area contributed by atoms with E-state index in [4.69, 9.17) is 4.74 Å². The minimum Gasteiger partial charge on any atom is -0.489 e. The lowest BCUT2D eigenvalue weighted by atomic mass is 9.86. The number of aryl methyl sites for hydroxylation is 1. The maximum atomic E-state index is 13.0. The molecule has 7 nitrogen and oxygen atoms in total. The van der Waals surface area contributed by atoms with Gasteiger partial charge in [-0.05, 0) is 38.0 Å². The third-order valence-corrected chi connectivity index (χ3v) is 6.48. The van der Waals surface area contributed by atoms with Gasteiger partial charge < -0.3 is 9.64 Å². The molecular formula is C25H25N3O4. The number of ether oxygens (including phenoxy) is 1. The number of ketones is 1. The van der Waals surface area contributed by atoms with Gasteiger partial charge in [-0.15, -0.1) is 0 Å². The molecular weight excluding hydrogens is 406 g/mol. The Balaban J connectivity index is 1.30. The zero-order chi connectivity index (χ0) is 22.2. The first-order chi connectivity index (χ1) is 15.5. The topological polar surface area (TPSA) is 81.5 Å². The molecule has 2 aromatic carbocycles. The highest BCUT2D eigenvalue weighted by molar-refractivity contribution is 6.00. The minimum absolute atomic E-state index is 0.0763. The van der Waals surface area contributed by atoms with Gasteiger partial charge in [0.1, 0.15) is 18.4 Å². The smallest absolute Gasteiger partial charge is 0.275 e. The van der Waals surface area contributed by atoms with Crippen LogP contribution in [0.2, 0.25) is 0 Å². The quantitative estimate of drug-likeness (QED) is 0.637. The first-order valence-corrected chi connectivity index (χ1v) is 11.0. The molecule has 32 heavy (non-hydrogen) atoms. The highest BCUT2D eigenvalue weighted by Gasteiger charge is 2.36. The molecule has 0 spiro atoms. The summed E-state index contributed by atoms with van der Waals surface area (Å²) in [5.41, 5.74) is 1.41. The van der Waals surface area contributed by atoms with Gasteiger partial charge in [0.15, 0.2) is 5.78 Å². The van der Waals surface area contributed by atoms with Crippen molar-refractivity contribution in [2.45, 2.75) is 38.8 Å². The summed E-state index contributed by atoms with van der Waals surface area (Å²) in [7, 11) is 0. The van der Waals surface area contributed by atoms with Crippen LogP contribution < -0.4 is 10.3 Å². The number of aromatic nitrogens is 2. The van der Waals surface area contributed by atoms with Crippen molar-refractivity contribution in [2.24, 2.45) is 5.92 Å². The van der Waals surface area contributed by atoms with Gasteiger partial charge in [-0.3, -0.25) is 14.4 Å². The lowest BCUT2D eigenvalue weighted by molar-refractivity contribution is -0.134. The van der Waals surface area contributed by atoms with Gasteiger partial charge in [-0.2, -0.15) is 5.10 Å². The summed E-state index contributed by atoms with van der Waals surface area (Å²) in [5, 5.41) is 5.49. The van der Waals surface area contributed by atoms with Crippen molar-refractivity contribution in [1.82, 2.24) is 14.7 Å². The fourth-order valence-electron chi connectivity index (χ4n) is 4.73. The van der Waals surface area contributed by atoms with Crippen molar-refractivity contribution >= 4 is 22.5 Å². The number of fused-ring (bicyclic) bond motifs is 2. The van der Waals surface area contributed by atoms with E-state index in [0.29, 0.717) is 36.2 Å². The van der Waals surface area contributed by atoms with Gasteiger partial charge in [0.05, 0.1) is 17.1 Å². The third-order valence-electron chi connectivity index (χ3n) is 6.48. The van der Waals surface area contributed by atoms with Gasteiger partial charge in [-0.1, -0.05) is 29.8 Å². The number of likely N-dealkylation sites (tertiary alicyclic amines) is 1. The van der Waals surface area contributed by atoms with Gasteiger partial charge in [0, 0.05) is 30.8 Å². The number of nitrogens with zero attached hydrogens (tertiary/aromatic N) is 3. The van der Waals surface area contributed by atoms with Crippen LogP contribution in [0.4, 0.5) is 0 Å². The van der Waals surface area contributed by atoms with E-state index < -0.39 is 0 Å². The molecule has 1 amide bonds. The van der Waals surface area contributed by atoms with Crippen molar-refractivity contribution in [1.29, 1.82) is 0 Å². The van der Waals surface area contributed by atoms with E-state index in [-0.39, 0.29) is 35.8 Å². The molecule has 0 bridgehead atoms. The molecule has 2 unspecified atom stereocenters. The Morgan fingerprint density at radius 3 is 2.91 bits per heavy atom. The Morgan fingerprint density at radius 2 is 2.03 bits per heavy atom. The fraction of sp³-hybridized carbons (Fsp3) is 0.360. The van der Waals surface area contributed by atoms with Gasteiger partial charge in [0.2, 0.25) is 5.91 Å². The van der Waals surface area contributed by atoms with E-state index in [9.17, 15) is 14.4 Å². The van der Waals surface area contributed by atoms with Crippen LogP contribution in [0, 0.1) is 12.8 Å². The SMILES string of the molecule is Cc1ccc2c(c1)C(=O)CC(C1CCCN(C(=O)Cn3ncc4ccccc4c3=O)C1)O2. The van der Waals surface area contributed by atoms with Crippen LogP contribution in [0.1, 0.15) is 35.2 Å². The first-order valence-electron chi connectivity index (χ1n) is 11.0. The van der Waals surface area contributed by atoms with Gasteiger partial charge in [0.25, 0.3) is 5.56 Å². The van der Waals surface area contributed by atoms with Crippen molar-refractivity contribution in [3.05, 3.63) is 70.1 Å². The van der Waals surface area contributed by atoms with Crippen LogP contribution in [-0.2, 0) is 11.3 Å². The Bertz CT molecular complexity index is 1270. The number of benzene rings is 2. The number of rotatable bonds is 3. The predicted molar refractivity (Wildman–Crippen MR) is 120 cm³/mol. The first kappa shape index (κ1) is 20.4. The average Bonchev–Trinajstić information content (AvgIpc) is 2.81. The van der Waals surface area contributed by atoms with Crippen LogP contribution in [-0.4, -0.2) is 45.6 Å². The minimum atomic E-state index is -0.266. The molecule has 0 N–H and O–H groups in total. The number of hydrogen-bond donors (Lipinski definition) is 0. The van der Waals surface area contributed by atoms with E-state index in [1.165, 1.54) is 4.68 Å². The molecule has 0 saturated carbocycles. The molecule has 2 aliphatic rings. The second-order valence-corrected chi connectivity index (χ2v) is 8.72. The summed E-state index contributed by atoms with van der Waals surface area (Å²) in [4.78, 5) is 40.2. The highest BCUT2D eigenvalue weighted by atomic mass is 16.5. The van der Waals surface area contributed by atoms with Crippen LogP contribution >= 0.6 is 0 Å². The summed E-state index contributed by atoms with van der Waals surface area (Å²) in [6.07, 6.45) is 3.44. The van der Waals surface area contributed by atoms with Gasteiger partial charge >= 0.3 is 0 Å². The van der Waals surface area contributed by atoms with Crippen LogP contribution in [0.3, 0.4) is 0 Å². The van der Waals surface area contributed by atoms with Crippen molar-refractivity contribution in [3.8, 4) is 5.75 Å². The molecule has 1 saturated heterocycles. The number of Topliss-reactive ketones (excluding diaryl/α,β-unsaturated/α-hetero) is 1. The largest absolute Gasteiger partial charge is 0.489 e. The molecule has 5 rings (SSSR count). The number of carbonyl (C=O) groups excluding carboxylic acids is 2. The number of hydrogen-bond acceptors (Lipinski definition) is 5.